The highest BCUT2D eigenvalue weighted by atomic mass is 35.5. The van der Waals surface area contributed by atoms with Crippen LogP contribution in [0.25, 0.3) is 0 Å². The van der Waals surface area contributed by atoms with Crippen molar-refractivity contribution in [2.75, 3.05) is 19.5 Å². The van der Waals surface area contributed by atoms with E-state index in [0.717, 1.165) is 12.8 Å². The number of nitrogens with zero attached hydrogens (tertiary/aromatic N) is 2. The molecule has 1 saturated carbocycles. The van der Waals surface area contributed by atoms with E-state index in [4.69, 9.17) is 20.9 Å². The van der Waals surface area contributed by atoms with Crippen LogP contribution in [0.1, 0.15) is 29.1 Å². The van der Waals surface area contributed by atoms with Crippen molar-refractivity contribution in [1.29, 1.82) is 0 Å². The monoisotopic (exact) mass is 258 g/mol. The standard InChI is InChI=1S/C11H15ClN2O3/c1-16-7-9-6-10(13-17-9)11(15)14(5-4-12)8-2-3-8/h6,8H,2-5,7H2,1H3. The summed E-state index contributed by atoms with van der Waals surface area (Å²) in [6.07, 6.45) is 2.09. The first-order valence-electron chi connectivity index (χ1n) is 5.57. The molecule has 0 radical (unpaired) electrons. The third-order valence-electron chi connectivity index (χ3n) is 2.64. The molecular weight excluding hydrogens is 244 g/mol. The van der Waals surface area contributed by atoms with Gasteiger partial charge in [-0.05, 0) is 12.8 Å². The molecule has 6 heteroatoms. The summed E-state index contributed by atoms with van der Waals surface area (Å²) in [6, 6.07) is 1.94. The molecule has 1 heterocycles. The van der Waals surface area contributed by atoms with Crippen LogP contribution in [-0.4, -0.2) is 41.5 Å². The number of carbonyl (C=O) groups excluding carboxylic acids is 1. The minimum atomic E-state index is -0.112. The second-order valence-corrected chi connectivity index (χ2v) is 4.41. The zero-order chi connectivity index (χ0) is 12.3. The van der Waals surface area contributed by atoms with Crippen LogP contribution in [0.4, 0.5) is 0 Å². The second-order valence-electron chi connectivity index (χ2n) is 4.03. The highest BCUT2D eigenvalue weighted by Gasteiger charge is 2.33. The number of methoxy groups -OCH3 is 1. The molecule has 1 aliphatic rings. The van der Waals surface area contributed by atoms with Crippen LogP contribution in [0.3, 0.4) is 0 Å². The largest absolute Gasteiger partial charge is 0.377 e. The minimum Gasteiger partial charge on any atom is -0.377 e. The number of hydrogen-bond acceptors (Lipinski definition) is 4. The predicted molar refractivity (Wildman–Crippen MR) is 62.0 cm³/mol. The zero-order valence-corrected chi connectivity index (χ0v) is 10.4. The topological polar surface area (TPSA) is 55.6 Å². The molecule has 5 nitrogen and oxygen atoms in total. The number of ether oxygens (including phenoxy) is 1. The molecule has 94 valence electrons. The number of rotatable bonds is 6. The van der Waals surface area contributed by atoms with Gasteiger partial charge < -0.3 is 14.2 Å². The molecule has 0 unspecified atom stereocenters. The maximum Gasteiger partial charge on any atom is 0.276 e. The Bertz CT molecular complexity index is 390. The fraction of sp³-hybridized carbons (Fsp3) is 0.636. The molecule has 0 saturated heterocycles. The van der Waals surface area contributed by atoms with Gasteiger partial charge in [0.2, 0.25) is 0 Å². The summed E-state index contributed by atoms with van der Waals surface area (Å²) in [6.45, 7) is 0.872. The van der Waals surface area contributed by atoms with Crippen LogP contribution >= 0.6 is 11.6 Å². The van der Waals surface area contributed by atoms with Crippen molar-refractivity contribution in [3.8, 4) is 0 Å². The van der Waals surface area contributed by atoms with Gasteiger partial charge in [0.1, 0.15) is 6.61 Å². The van der Waals surface area contributed by atoms with E-state index in [1.54, 1.807) is 18.1 Å². The molecule has 17 heavy (non-hydrogen) atoms. The highest BCUT2D eigenvalue weighted by molar-refractivity contribution is 6.18. The summed E-state index contributed by atoms with van der Waals surface area (Å²) in [5, 5.41) is 3.76. The molecule has 0 spiro atoms. The maximum absolute atomic E-state index is 12.1. The van der Waals surface area contributed by atoms with Crippen molar-refractivity contribution in [3.63, 3.8) is 0 Å². The zero-order valence-electron chi connectivity index (χ0n) is 9.69. The van der Waals surface area contributed by atoms with E-state index in [2.05, 4.69) is 5.16 Å². The van der Waals surface area contributed by atoms with Crippen molar-refractivity contribution in [2.24, 2.45) is 0 Å². The highest BCUT2D eigenvalue weighted by Crippen LogP contribution is 2.28. The summed E-state index contributed by atoms with van der Waals surface area (Å²) in [7, 11) is 1.56. The summed E-state index contributed by atoms with van der Waals surface area (Å²) in [5.74, 6) is 0.877. The van der Waals surface area contributed by atoms with Gasteiger partial charge in [-0.1, -0.05) is 5.16 Å². The van der Waals surface area contributed by atoms with Crippen molar-refractivity contribution in [3.05, 3.63) is 17.5 Å². The van der Waals surface area contributed by atoms with Crippen LogP contribution in [0, 0.1) is 0 Å². The second kappa shape index (κ2) is 5.51. The number of alkyl halides is 1. The van der Waals surface area contributed by atoms with Gasteiger partial charge in [0.05, 0.1) is 0 Å². The predicted octanol–water partition coefficient (Wildman–Crippen LogP) is 1.66. The quantitative estimate of drug-likeness (QED) is 0.729. The minimum absolute atomic E-state index is 0.112. The van der Waals surface area contributed by atoms with E-state index in [0.29, 0.717) is 36.5 Å². The van der Waals surface area contributed by atoms with Crippen LogP contribution < -0.4 is 0 Å². The van der Waals surface area contributed by atoms with Gasteiger partial charge in [-0.25, -0.2) is 0 Å². The maximum atomic E-state index is 12.1. The average Bonchev–Trinajstić information content (AvgIpc) is 3.06. The van der Waals surface area contributed by atoms with Crippen LogP contribution in [-0.2, 0) is 11.3 Å². The molecule has 1 aliphatic carbocycles. The fourth-order valence-electron chi connectivity index (χ4n) is 1.70. The lowest BCUT2D eigenvalue weighted by Crippen LogP contribution is -2.34. The van der Waals surface area contributed by atoms with Crippen LogP contribution in [0.2, 0.25) is 0 Å². The van der Waals surface area contributed by atoms with Crippen molar-refractivity contribution in [2.45, 2.75) is 25.5 Å². The Hall–Kier alpha value is -1.07. The first-order chi connectivity index (χ1) is 8.26. The molecule has 0 bridgehead atoms. The van der Waals surface area contributed by atoms with Crippen molar-refractivity contribution < 1.29 is 14.1 Å². The normalized spacial score (nSPS) is 14.9. The van der Waals surface area contributed by atoms with Crippen LogP contribution in [0.15, 0.2) is 10.6 Å². The lowest BCUT2D eigenvalue weighted by Gasteiger charge is -2.19. The fourth-order valence-corrected chi connectivity index (χ4v) is 1.88. The third kappa shape index (κ3) is 2.98. The van der Waals surface area contributed by atoms with Gasteiger partial charge in [0.25, 0.3) is 5.91 Å². The lowest BCUT2D eigenvalue weighted by atomic mass is 10.3. The van der Waals surface area contributed by atoms with E-state index in [9.17, 15) is 4.79 Å². The first-order valence-corrected chi connectivity index (χ1v) is 6.11. The average molecular weight is 259 g/mol. The van der Waals surface area contributed by atoms with E-state index < -0.39 is 0 Å². The summed E-state index contributed by atoms with van der Waals surface area (Å²) < 4.78 is 9.91. The van der Waals surface area contributed by atoms with E-state index in [1.165, 1.54) is 0 Å². The third-order valence-corrected chi connectivity index (χ3v) is 2.81. The van der Waals surface area contributed by atoms with Gasteiger partial charge in [0.15, 0.2) is 11.5 Å². The number of aromatic nitrogens is 1. The molecular formula is C11H15ClN2O3. The molecule has 0 aromatic carbocycles. The molecule has 0 atom stereocenters. The number of carbonyl (C=O) groups is 1. The Morgan fingerprint density at radius 2 is 2.47 bits per heavy atom. The van der Waals surface area contributed by atoms with Crippen molar-refractivity contribution >= 4 is 17.5 Å². The first kappa shape index (κ1) is 12.4. The molecule has 1 aromatic heterocycles. The summed E-state index contributed by atoms with van der Waals surface area (Å²) in [5.41, 5.74) is 0.328. The van der Waals surface area contributed by atoms with Gasteiger partial charge in [0, 0.05) is 31.6 Å². The van der Waals surface area contributed by atoms with Gasteiger partial charge in [-0.15, -0.1) is 11.6 Å². The molecule has 1 amide bonds. The van der Waals surface area contributed by atoms with Crippen LogP contribution in [0.5, 0.6) is 0 Å². The Morgan fingerprint density at radius 3 is 3.06 bits per heavy atom. The van der Waals surface area contributed by atoms with E-state index in [-0.39, 0.29) is 5.91 Å². The van der Waals surface area contributed by atoms with Gasteiger partial charge in [-0.3, -0.25) is 4.79 Å². The van der Waals surface area contributed by atoms with E-state index >= 15 is 0 Å². The van der Waals surface area contributed by atoms with E-state index in [1.807, 2.05) is 0 Å². The molecule has 1 aromatic rings. The van der Waals surface area contributed by atoms with Gasteiger partial charge >= 0.3 is 0 Å². The van der Waals surface area contributed by atoms with Crippen molar-refractivity contribution in [1.82, 2.24) is 10.1 Å². The number of halogens is 1. The summed E-state index contributed by atoms with van der Waals surface area (Å²) >= 11 is 5.70. The Labute approximate surface area is 105 Å². The number of hydrogen-bond donors (Lipinski definition) is 0. The Kier molecular flexibility index (Phi) is 4.02. The lowest BCUT2D eigenvalue weighted by molar-refractivity contribution is 0.0742. The summed E-state index contributed by atoms with van der Waals surface area (Å²) in [4.78, 5) is 13.9. The molecule has 1 fully saturated rings. The Balaban J connectivity index is 2.05. The van der Waals surface area contributed by atoms with Gasteiger partial charge in [-0.2, -0.15) is 0 Å². The smallest absolute Gasteiger partial charge is 0.276 e. The Morgan fingerprint density at radius 1 is 1.71 bits per heavy atom. The number of amides is 1. The molecule has 0 N–H and O–H groups in total. The molecule has 0 aliphatic heterocycles. The molecule has 2 rings (SSSR count). The SMILES string of the molecule is COCc1cc(C(=O)N(CCCl)C2CC2)no1.